The average molecular weight is 308 g/mol. The number of amides is 1. The lowest BCUT2D eigenvalue weighted by atomic mass is 10.1. The molecular weight excluding hydrogens is 287 g/mol. The van der Waals surface area contributed by atoms with E-state index in [0.717, 1.165) is 0 Å². The highest BCUT2D eigenvalue weighted by Gasteiger charge is 2.29. The van der Waals surface area contributed by atoms with Gasteiger partial charge in [0.05, 0.1) is 12.2 Å². The summed E-state index contributed by atoms with van der Waals surface area (Å²) in [5.41, 5.74) is 0.594. The molecule has 1 saturated heterocycles. The van der Waals surface area contributed by atoms with E-state index < -0.39 is 11.8 Å². The van der Waals surface area contributed by atoms with Crippen molar-refractivity contribution in [2.75, 3.05) is 38.7 Å². The van der Waals surface area contributed by atoms with Crippen molar-refractivity contribution >= 4 is 17.6 Å². The zero-order valence-corrected chi connectivity index (χ0v) is 13.1. The third-order valence-corrected chi connectivity index (χ3v) is 3.82. The van der Waals surface area contributed by atoms with Crippen LogP contribution in [0.3, 0.4) is 0 Å². The van der Waals surface area contributed by atoms with Gasteiger partial charge < -0.3 is 14.5 Å². The number of rotatable bonds is 5. The number of likely N-dealkylation sites (tertiary alicyclic amines) is 1. The minimum Gasteiger partial charge on any atom is -0.462 e. The number of carbonyl (C=O) groups is 2. The molecule has 1 fully saturated rings. The monoisotopic (exact) mass is 308 g/mol. The number of hydrogen-bond donors (Lipinski definition) is 0. The third-order valence-electron chi connectivity index (χ3n) is 3.82. The molecule has 5 nitrogen and oxygen atoms in total. The zero-order valence-electron chi connectivity index (χ0n) is 13.1. The van der Waals surface area contributed by atoms with Gasteiger partial charge in [0.25, 0.3) is 0 Å². The molecule has 22 heavy (non-hydrogen) atoms. The van der Waals surface area contributed by atoms with E-state index in [1.54, 1.807) is 30.0 Å². The molecule has 1 atom stereocenters. The van der Waals surface area contributed by atoms with Gasteiger partial charge in [0.15, 0.2) is 0 Å². The predicted molar refractivity (Wildman–Crippen MR) is 81.4 cm³/mol. The molecule has 0 unspecified atom stereocenters. The van der Waals surface area contributed by atoms with E-state index in [2.05, 4.69) is 0 Å². The highest BCUT2D eigenvalue weighted by Crippen LogP contribution is 2.20. The van der Waals surface area contributed by atoms with Gasteiger partial charge in [0.1, 0.15) is 5.82 Å². The summed E-state index contributed by atoms with van der Waals surface area (Å²) in [5, 5.41) is 0. The number of nitrogens with zero attached hydrogens (tertiary/aromatic N) is 2. The molecule has 1 heterocycles. The van der Waals surface area contributed by atoms with Gasteiger partial charge in [-0.05, 0) is 25.1 Å². The summed E-state index contributed by atoms with van der Waals surface area (Å²) in [6.07, 6.45) is 0.378. The molecule has 0 spiro atoms. The Balaban J connectivity index is 1.94. The molecule has 0 saturated carbocycles. The van der Waals surface area contributed by atoms with E-state index in [9.17, 15) is 14.0 Å². The number of esters is 1. The van der Waals surface area contributed by atoms with E-state index in [1.165, 1.54) is 12.1 Å². The lowest BCUT2D eigenvalue weighted by Crippen LogP contribution is -2.25. The fraction of sp³-hybridized carbons (Fsp3) is 0.500. The summed E-state index contributed by atoms with van der Waals surface area (Å²) in [6, 6.07) is 4.39. The number of ether oxygens (including phenoxy) is 1. The fourth-order valence-electron chi connectivity index (χ4n) is 2.49. The summed E-state index contributed by atoms with van der Waals surface area (Å²) in [4.78, 5) is 27.0. The van der Waals surface area contributed by atoms with Crippen LogP contribution in [0.5, 0.6) is 0 Å². The highest BCUT2D eigenvalue weighted by molar-refractivity contribution is 5.90. The van der Waals surface area contributed by atoms with E-state index >= 15 is 0 Å². The quantitative estimate of drug-likeness (QED) is 0.780. The first-order chi connectivity index (χ1) is 10.4. The van der Waals surface area contributed by atoms with Gasteiger partial charge in [-0.3, -0.25) is 4.79 Å². The first-order valence-corrected chi connectivity index (χ1v) is 7.34. The minimum atomic E-state index is -0.690. The summed E-state index contributed by atoms with van der Waals surface area (Å²) >= 11 is 0. The molecule has 0 N–H and O–H groups in total. The molecule has 1 amide bonds. The standard InChI is InChI=1S/C16H21FN2O3/c1-4-19-9-11(7-15(19)20)10-22-16(21)13-6-5-12(18(2)3)8-14(13)17/h5-6,8,11H,4,7,9-10H2,1-3H3/t11-/m1/s1. The Bertz CT molecular complexity index is 575. The summed E-state index contributed by atoms with van der Waals surface area (Å²) < 4.78 is 19.1. The Morgan fingerprint density at radius 1 is 1.45 bits per heavy atom. The van der Waals surface area contributed by atoms with Crippen molar-refractivity contribution < 1.29 is 18.7 Å². The highest BCUT2D eigenvalue weighted by atomic mass is 19.1. The van der Waals surface area contributed by atoms with Gasteiger partial charge in [0.2, 0.25) is 5.91 Å². The molecule has 0 aliphatic carbocycles. The van der Waals surface area contributed by atoms with E-state index in [-0.39, 0.29) is 24.0 Å². The van der Waals surface area contributed by atoms with Crippen LogP contribution in [0.25, 0.3) is 0 Å². The maximum atomic E-state index is 14.0. The summed E-state index contributed by atoms with van der Waals surface area (Å²) in [7, 11) is 3.59. The van der Waals surface area contributed by atoms with Crippen LogP contribution in [0.15, 0.2) is 18.2 Å². The summed E-state index contributed by atoms with van der Waals surface area (Å²) in [5.74, 6) is -1.23. The average Bonchev–Trinajstić information content (AvgIpc) is 2.84. The van der Waals surface area contributed by atoms with Crippen molar-refractivity contribution in [2.24, 2.45) is 5.92 Å². The predicted octanol–water partition coefficient (Wildman–Crippen LogP) is 1.92. The third kappa shape index (κ3) is 3.55. The van der Waals surface area contributed by atoms with Gasteiger partial charge in [0, 0.05) is 45.2 Å². The van der Waals surface area contributed by atoms with Crippen molar-refractivity contribution in [1.29, 1.82) is 0 Å². The van der Waals surface area contributed by atoms with Gasteiger partial charge in [-0.25, -0.2) is 9.18 Å². The molecule has 0 aromatic heterocycles. The molecule has 2 rings (SSSR count). The van der Waals surface area contributed by atoms with Crippen molar-refractivity contribution in [3.8, 4) is 0 Å². The summed E-state index contributed by atoms with van der Waals surface area (Å²) in [6.45, 7) is 3.29. The van der Waals surface area contributed by atoms with Crippen LogP contribution in [0.1, 0.15) is 23.7 Å². The second-order valence-electron chi connectivity index (χ2n) is 5.66. The van der Waals surface area contributed by atoms with Crippen molar-refractivity contribution in [2.45, 2.75) is 13.3 Å². The van der Waals surface area contributed by atoms with Crippen molar-refractivity contribution in [3.63, 3.8) is 0 Å². The Morgan fingerprint density at radius 3 is 2.73 bits per heavy atom. The number of hydrogen-bond acceptors (Lipinski definition) is 4. The lowest BCUT2D eigenvalue weighted by Gasteiger charge is -2.15. The number of anilines is 1. The molecule has 120 valence electrons. The molecule has 0 radical (unpaired) electrons. The topological polar surface area (TPSA) is 49.9 Å². The van der Waals surface area contributed by atoms with Crippen LogP contribution in [-0.4, -0.2) is 50.6 Å². The van der Waals surface area contributed by atoms with Gasteiger partial charge in [-0.2, -0.15) is 0 Å². The minimum absolute atomic E-state index is 0.0134. The first kappa shape index (κ1) is 16.3. The largest absolute Gasteiger partial charge is 0.462 e. The van der Waals surface area contributed by atoms with Crippen LogP contribution in [0.2, 0.25) is 0 Å². The Hall–Kier alpha value is -2.11. The normalized spacial score (nSPS) is 17.7. The van der Waals surface area contributed by atoms with Crippen molar-refractivity contribution in [3.05, 3.63) is 29.6 Å². The molecular formula is C16H21FN2O3. The number of benzene rings is 1. The van der Waals surface area contributed by atoms with E-state index in [4.69, 9.17) is 4.74 Å². The Morgan fingerprint density at radius 2 is 2.18 bits per heavy atom. The fourth-order valence-corrected chi connectivity index (χ4v) is 2.49. The SMILES string of the molecule is CCN1C[C@H](COC(=O)c2ccc(N(C)C)cc2F)CC1=O. The number of carbonyl (C=O) groups excluding carboxylic acids is 2. The van der Waals surface area contributed by atoms with Gasteiger partial charge in [-0.1, -0.05) is 0 Å². The molecule has 0 bridgehead atoms. The number of halogens is 1. The van der Waals surface area contributed by atoms with Crippen LogP contribution < -0.4 is 4.90 Å². The Labute approximate surface area is 129 Å². The van der Waals surface area contributed by atoms with Gasteiger partial charge in [-0.15, -0.1) is 0 Å². The van der Waals surface area contributed by atoms with Crippen LogP contribution in [0.4, 0.5) is 10.1 Å². The smallest absolute Gasteiger partial charge is 0.341 e. The van der Waals surface area contributed by atoms with Gasteiger partial charge >= 0.3 is 5.97 Å². The molecule has 1 aliphatic heterocycles. The molecule has 6 heteroatoms. The maximum absolute atomic E-state index is 14.0. The first-order valence-electron chi connectivity index (χ1n) is 7.34. The lowest BCUT2D eigenvalue weighted by molar-refractivity contribution is -0.127. The molecule has 1 aromatic rings. The second-order valence-corrected chi connectivity index (χ2v) is 5.66. The zero-order chi connectivity index (χ0) is 16.3. The second kappa shape index (κ2) is 6.77. The van der Waals surface area contributed by atoms with Crippen LogP contribution in [-0.2, 0) is 9.53 Å². The van der Waals surface area contributed by atoms with E-state index in [0.29, 0.717) is 25.2 Å². The molecule has 1 aliphatic rings. The van der Waals surface area contributed by atoms with Crippen LogP contribution >= 0.6 is 0 Å². The maximum Gasteiger partial charge on any atom is 0.341 e. The Kier molecular flexibility index (Phi) is 5.00. The van der Waals surface area contributed by atoms with Crippen LogP contribution in [0, 0.1) is 11.7 Å². The van der Waals surface area contributed by atoms with Crippen molar-refractivity contribution in [1.82, 2.24) is 4.90 Å². The van der Waals surface area contributed by atoms with E-state index in [1.807, 2.05) is 6.92 Å². The molecule has 1 aromatic carbocycles.